The minimum absolute atomic E-state index is 0.562. The van der Waals surface area contributed by atoms with Gasteiger partial charge in [0.25, 0.3) is 0 Å². The van der Waals surface area contributed by atoms with Crippen molar-refractivity contribution < 1.29 is 0 Å². The Morgan fingerprint density at radius 3 is 2.70 bits per heavy atom. The van der Waals surface area contributed by atoms with Crippen molar-refractivity contribution in [2.45, 2.75) is 6.54 Å². The molecule has 0 aliphatic heterocycles. The minimum atomic E-state index is 0.562. The van der Waals surface area contributed by atoms with Crippen molar-refractivity contribution in [1.29, 1.82) is 0 Å². The third-order valence-electron chi connectivity index (χ3n) is 4.81. The van der Waals surface area contributed by atoms with Crippen LogP contribution in [0.25, 0.3) is 21.1 Å². The summed E-state index contributed by atoms with van der Waals surface area (Å²) in [4.78, 5) is 4.55. The topological polar surface area (TPSA) is 42.2 Å². The number of para-hydroxylation sites is 2. The van der Waals surface area contributed by atoms with Gasteiger partial charge in [-0.15, -0.1) is 0 Å². The summed E-state index contributed by atoms with van der Waals surface area (Å²) < 4.78 is 3.32. The van der Waals surface area contributed by atoms with E-state index in [0.29, 0.717) is 16.6 Å². The van der Waals surface area contributed by atoms with Gasteiger partial charge in [0, 0.05) is 29.2 Å². The van der Waals surface area contributed by atoms with Gasteiger partial charge in [-0.25, -0.2) is 4.98 Å². The first kappa shape index (κ1) is 19.1. The van der Waals surface area contributed by atoms with Gasteiger partial charge in [0.1, 0.15) is 0 Å². The van der Waals surface area contributed by atoms with Gasteiger partial charge in [0.15, 0.2) is 0 Å². The Hall–Kier alpha value is -2.86. The van der Waals surface area contributed by atoms with Gasteiger partial charge in [-0.05, 0) is 35.9 Å². The fourth-order valence-corrected chi connectivity index (χ4v) is 4.56. The molecule has 0 bridgehead atoms. The van der Waals surface area contributed by atoms with Crippen molar-refractivity contribution in [1.82, 2.24) is 9.55 Å². The van der Waals surface area contributed by atoms with Crippen LogP contribution in [-0.4, -0.2) is 15.8 Å². The molecule has 0 spiro atoms. The number of benzene rings is 3. The van der Waals surface area contributed by atoms with Gasteiger partial charge in [-0.2, -0.15) is 5.10 Å². The number of aromatic nitrogens is 2. The molecule has 5 aromatic rings. The second-order valence-corrected chi connectivity index (χ2v) is 8.68. The highest BCUT2D eigenvalue weighted by molar-refractivity contribution is 7.22. The van der Waals surface area contributed by atoms with E-state index in [1.165, 1.54) is 0 Å². The third kappa shape index (κ3) is 3.79. The molecule has 7 heteroatoms. The smallest absolute Gasteiger partial charge is 0.204 e. The number of hydrazone groups is 1. The maximum Gasteiger partial charge on any atom is 0.204 e. The van der Waals surface area contributed by atoms with Gasteiger partial charge in [0.2, 0.25) is 5.13 Å². The Morgan fingerprint density at radius 1 is 1.00 bits per heavy atom. The number of rotatable bonds is 5. The molecule has 3 aromatic carbocycles. The van der Waals surface area contributed by atoms with Crippen LogP contribution >= 0.6 is 34.5 Å². The van der Waals surface area contributed by atoms with E-state index >= 15 is 0 Å². The molecule has 2 heterocycles. The van der Waals surface area contributed by atoms with Crippen LogP contribution in [0.5, 0.6) is 0 Å². The molecule has 4 nitrogen and oxygen atoms in total. The first-order chi connectivity index (χ1) is 14.7. The zero-order valence-corrected chi connectivity index (χ0v) is 18.0. The van der Waals surface area contributed by atoms with Crippen LogP contribution in [0.2, 0.25) is 10.0 Å². The van der Waals surface area contributed by atoms with Gasteiger partial charge in [-0.1, -0.05) is 70.9 Å². The number of nitrogens with zero attached hydrogens (tertiary/aromatic N) is 3. The van der Waals surface area contributed by atoms with Gasteiger partial charge in [0.05, 0.1) is 26.5 Å². The number of fused-ring (bicyclic) bond motifs is 2. The summed E-state index contributed by atoms with van der Waals surface area (Å²) in [5, 5.41) is 7.45. The summed E-state index contributed by atoms with van der Waals surface area (Å²) in [5.41, 5.74) is 7.27. The van der Waals surface area contributed by atoms with Crippen LogP contribution in [0, 0.1) is 0 Å². The molecular formula is C23H16Cl2N4S. The van der Waals surface area contributed by atoms with Gasteiger partial charge in [-0.3, -0.25) is 5.43 Å². The van der Waals surface area contributed by atoms with Crippen LogP contribution in [-0.2, 0) is 6.54 Å². The SMILES string of the molecule is Clc1ccc(Cn2cc(/C=N/Nc3nc4ccccc4s3)c3ccccc32)cc1Cl. The van der Waals surface area contributed by atoms with E-state index in [4.69, 9.17) is 23.2 Å². The Kier molecular flexibility index (Phi) is 5.17. The number of hydrogen-bond acceptors (Lipinski definition) is 4. The van der Waals surface area contributed by atoms with Gasteiger partial charge < -0.3 is 4.57 Å². The molecule has 0 amide bonds. The summed E-state index contributed by atoms with van der Waals surface area (Å²) in [5.74, 6) is 0. The molecule has 0 unspecified atom stereocenters. The van der Waals surface area contributed by atoms with Crippen molar-refractivity contribution in [3.05, 3.63) is 94.1 Å². The van der Waals surface area contributed by atoms with Crippen molar-refractivity contribution >= 4 is 67.0 Å². The van der Waals surface area contributed by atoms with Crippen molar-refractivity contribution in [2.24, 2.45) is 5.10 Å². The zero-order chi connectivity index (χ0) is 20.5. The lowest BCUT2D eigenvalue weighted by atomic mass is 10.2. The van der Waals surface area contributed by atoms with Crippen LogP contribution in [0.3, 0.4) is 0 Å². The van der Waals surface area contributed by atoms with E-state index in [0.717, 1.165) is 37.4 Å². The molecule has 30 heavy (non-hydrogen) atoms. The largest absolute Gasteiger partial charge is 0.342 e. The predicted molar refractivity (Wildman–Crippen MR) is 128 cm³/mol. The molecule has 0 saturated carbocycles. The standard InChI is InChI=1S/C23H16Cl2N4S/c24-18-10-9-15(11-19(18)25)13-29-14-16(17-5-1-3-7-21(17)29)12-26-28-23-27-20-6-2-4-8-22(20)30-23/h1-12,14H,13H2,(H,27,28)/b26-12+. The van der Waals surface area contributed by atoms with Crippen LogP contribution in [0.15, 0.2) is 78.0 Å². The molecular weight excluding hydrogens is 435 g/mol. The molecule has 2 aromatic heterocycles. The molecule has 0 aliphatic rings. The number of hydrogen-bond donors (Lipinski definition) is 1. The molecule has 5 rings (SSSR count). The summed E-state index contributed by atoms with van der Waals surface area (Å²) in [7, 11) is 0. The lowest BCUT2D eigenvalue weighted by Crippen LogP contribution is -1.98. The highest BCUT2D eigenvalue weighted by Crippen LogP contribution is 2.27. The molecule has 0 aliphatic carbocycles. The van der Waals surface area contributed by atoms with E-state index in [-0.39, 0.29) is 0 Å². The van der Waals surface area contributed by atoms with E-state index in [1.807, 2.05) is 54.7 Å². The highest BCUT2D eigenvalue weighted by Gasteiger charge is 2.08. The summed E-state index contributed by atoms with van der Waals surface area (Å²) in [6.07, 6.45) is 3.93. The number of halogens is 2. The highest BCUT2D eigenvalue weighted by atomic mass is 35.5. The molecule has 0 atom stereocenters. The van der Waals surface area contributed by atoms with Crippen LogP contribution in [0.1, 0.15) is 11.1 Å². The Morgan fingerprint density at radius 2 is 1.83 bits per heavy atom. The second-order valence-electron chi connectivity index (χ2n) is 6.83. The van der Waals surface area contributed by atoms with Crippen molar-refractivity contribution in [3.8, 4) is 0 Å². The Labute approximate surface area is 187 Å². The average Bonchev–Trinajstić information content (AvgIpc) is 3.32. The molecule has 1 N–H and O–H groups in total. The first-order valence-corrected chi connectivity index (χ1v) is 10.9. The molecule has 0 radical (unpaired) electrons. The maximum absolute atomic E-state index is 6.18. The van der Waals surface area contributed by atoms with E-state index in [9.17, 15) is 0 Å². The Bertz CT molecular complexity index is 1350. The molecule has 0 saturated heterocycles. The van der Waals surface area contributed by atoms with E-state index < -0.39 is 0 Å². The average molecular weight is 451 g/mol. The second kappa shape index (κ2) is 8.11. The zero-order valence-electron chi connectivity index (χ0n) is 15.7. The molecule has 148 valence electrons. The van der Waals surface area contributed by atoms with E-state index in [2.05, 4.69) is 44.5 Å². The Balaban J connectivity index is 1.42. The van der Waals surface area contributed by atoms with Crippen LogP contribution in [0.4, 0.5) is 5.13 Å². The quantitative estimate of drug-likeness (QED) is 0.230. The number of anilines is 1. The first-order valence-electron chi connectivity index (χ1n) is 9.34. The lowest BCUT2D eigenvalue weighted by molar-refractivity contribution is 0.836. The summed E-state index contributed by atoms with van der Waals surface area (Å²) >= 11 is 13.8. The van der Waals surface area contributed by atoms with Crippen molar-refractivity contribution in [2.75, 3.05) is 5.43 Å². The minimum Gasteiger partial charge on any atom is -0.342 e. The predicted octanol–water partition coefficient (Wildman–Crippen LogP) is 7.05. The van der Waals surface area contributed by atoms with E-state index in [1.54, 1.807) is 11.3 Å². The maximum atomic E-state index is 6.18. The molecule has 0 fully saturated rings. The van der Waals surface area contributed by atoms with Gasteiger partial charge >= 0.3 is 0 Å². The fraction of sp³-hybridized carbons (Fsp3) is 0.0435. The fourth-order valence-electron chi connectivity index (χ4n) is 3.42. The van der Waals surface area contributed by atoms with Crippen molar-refractivity contribution in [3.63, 3.8) is 0 Å². The number of nitrogens with one attached hydrogen (secondary N) is 1. The van der Waals surface area contributed by atoms with Crippen LogP contribution < -0.4 is 5.43 Å². The normalized spacial score (nSPS) is 11.7. The third-order valence-corrected chi connectivity index (χ3v) is 6.49. The summed E-state index contributed by atoms with van der Waals surface area (Å²) in [6.45, 7) is 0.691. The summed E-state index contributed by atoms with van der Waals surface area (Å²) in [6, 6.07) is 22.0. The lowest BCUT2D eigenvalue weighted by Gasteiger charge is -2.06. The number of thiazole rings is 1. The monoisotopic (exact) mass is 450 g/mol.